The predicted octanol–water partition coefficient (Wildman–Crippen LogP) is 4.64. The smallest absolute Gasteiger partial charge is 0.181 e. The number of piperidine rings is 1. The van der Waals surface area contributed by atoms with Crippen molar-refractivity contribution in [2.24, 2.45) is 11.8 Å². The van der Waals surface area contributed by atoms with Crippen LogP contribution in [0.1, 0.15) is 81.0 Å². The summed E-state index contributed by atoms with van der Waals surface area (Å²) in [6.45, 7) is 9.89. The summed E-state index contributed by atoms with van der Waals surface area (Å²) in [7, 11) is 0. The third-order valence-corrected chi connectivity index (χ3v) is 6.16. The van der Waals surface area contributed by atoms with Gasteiger partial charge in [-0.05, 0) is 54.9 Å². The molecule has 0 bridgehead atoms. The van der Waals surface area contributed by atoms with Gasteiger partial charge in [0, 0.05) is 31.6 Å². The van der Waals surface area contributed by atoms with E-state index in [1.54, 1.807) is 0 Å². The molecule has 0 spiro atoms. The van der Waals surface area contributed by atoms with Crippen LogP contribution in [0, 0.1) is 11.8 Å². The molecule has 0 amide bonds. The minimum absolute atomic E-state index is 0.0163. The summed E-state index contributed by atoms with van der Waals surface area (Å²) in [6.07, 6.45) is 5.71. The quantitative estimate of drug-likeness (QED) is 0.548. The van der Waals surface area contributed by atoms with Crippen molar-refractivity contribution in [3.63, 3.8) is 0 Å². The zero-order valence-corrected chi connectivity index (χ0v) is 19.2. The van der Waals surface area contributed by atoms with Gasteiger partial charge in [-0.1, -0.05) is 33.8 Å². The molecule has 0 atom stereocenters. The van der Waals surface area contributed by atoms with Gasteiger partial charge in [0.25, 0.3) is 0 Å². The summed E-state index contributed by atoms with van der Waals surface area (Å²) in [6, 6.07) is 7.74. The number of carbonyl (C=O) groups excluding carboxylic acids is 2. The van der Waals surface area contributed by atoms with Crippen LogP contribution in [0.4, 0.5) is 5.82 Å². The molecular weight excluding hydrogens is 388 g/mol. The number of Topliss-reactive ketones (excluding diaryl/α,β-unsaturated/α-hetero) is 2. The number of hydrogen-bond acceptors (Lipinski definition) is 6. The van der Waals surface area contributed by atoms with Gasteiger partial charge in [-0.3, -0.25) is 14.6 Å². The molecule has 0 aromatic carbocycles. The van der Waals surface area contributed by atoms with Crippen LogP contribution in [-0.4, -0.2) is 39.8 Å². The Bertz CT molecular complexity index is 867. The summed E-state index contributed by atoms with van der Waals surface area (Å²) in [5.74, 6) is 2.17. The van der Waals surface area contributed by atoms with Crippen LogP contribution in [0.3, 0.4) is 0 Å². The highest BCUT2D eigenvalue weighted by atomic mass is 16.1. The van der Waals surface area contributed by atoms with E-state index in [2.05, 4.69) is 33.9 Å². The number of anilines is 1. The molecule has 1 aliphatic rings. The van der Waals surface area contributed by atoms with Crippen molar-refractivity contribution in [1.29, 1.82) is 0 Å². The van der Waals surface area contributed by atoms with Gasteiger partial charge in [0.05, 0.1) is 12.1 Å². The van der Waals surface area contributed by atoms with E-state index in [0.717, 1.165) is 49.4 Å². The fraction of sp³-hybridized carbons (Fsp3) is 0.560. The number of nitrogens with zero attached hydrogens (tertiary/aromatic N) is 4. The number of pyridine rings is 1. The molecule has 6 heteroatoms. The van der Waals surface area contributed by atoms with Crippen LogP contribution in [0.25, 0.3) is 0 Å². The van der Waals surface area contributed by atoms with Crippen molar-refractivity contribution in [1.82, 2.24) is 15.2 Å². The van der Waals surface area contributed by atoms with Gasteiger partial charge >= 0.3 is 0 Å². The molecule has 2 aromatic rings. The van der Waals surface area contributed by atoms with Crippen LogP contribution < -0.4 is 4.90 Å². The molecule has 1 fully saturated rings. The first-order valence-corrected chi connectivity index (χ1v) is 11.4. The Morgan fingerprint density at radius 3 is 2.32 bits per heavy atom. The van der Waals surface area contributed by atoms with Crippen LogP contribution in [-0.2, 0) is 11.2 Å². The Morgan fingerprint density at radius 1 is 1.03 bits per heavy atom. The molecule has 1 aliphatic heterocycles. The maximum Gasteiger partial charge on any atom is 0.181 e. The zero-order chi connectivity index (χ0) is 22.4. The maximum atomic E-state index is 12.5. The first-order valence-electron chi connectivity index (χ1n) is 11.4. The van der Waals surface area contributed by atoms with E-state index in [9.17, 15) is 9.59 Å². The summed E-state index contributed by atoms with van der Waals surface area (Å²) >= 11 is 0. The molecule has 166 valence electrons. The summed E-state index contributed by atoms with van der Waals surface area (Å²) in [4.78, 5) is 31.0. The summed E-state index contributed by atoms with van der Waals surface area (Å²) in [5, 5.41) is 8.58. The van der Waals surface area contributed by atoms with E-state index in [1.807, 2.05) is 44.3 Å². The van der Waals surface area contributed by atoms with Crippen molar-refractivity contribution in [3.8, 4) is 0 Å². The summed E-state index contributed by atoms with van der Waals surface area (Å²) < 4.78 is 0. The lowest BCUT2D eigenvalue weighted by atomic mass is 9.91. The van der Waals surface area contributed by atoms with Crippen molar-refractivity contribution in [2.45, 2.75) is 65.7 Å². The number of aromatic nitrogens is 3. The van der Waals surface area contributed by atoms with Gasteiger partial charge in [0.15, 0.2) is 11.6 Å². The molecule has 0 aliphatic carbocycles. The molecule has 31 heavy (non-hydrogen) atoms. The van der Waals surface area contributed by atoms with Gasteiger partial charge in [0.2, 0.25) is 0 Å². The fourth-order valence-corrected chi connectivity index (χ4v) is 3.82. The predicted molar refractivity (Wildman–Crippen MR) is 122 cm³/mol. The Labute approximate surface area is 185 Å². The highest BCUT2D eigenvalue weighted by Crippen LogP contribution is 2.25. The molecule has 3 heterocycles. The van der Waals surface area contributed by atoms with E-state index in [1.165, 1.54) is 0 Å². The van der Waals surface area contributed by atoms with Crippen LogP contribution in [0.5, 0.6) is 0 Å². The third-order valence-electron chi connectivity index (χ3n) is 6.16. The number of hydrogen-bond donors (Lipinski definition) is 0. The third kappa shape index (κ3) is 6.42. The number of ketones is 2. The Morgan fingerprint density at radius 2 is 1.77 bits per heavy atom. The summed E-state index contributed by atoms with van der Waals surface area (Å²) in [5.41, 5.74) is 2.46. The minimum Gasteiger partial charge on any atom is -0.355 e. The highest BCUT2D eigenvalue weighted by Gasteiger charge is 2.22. The average molecular weight is 423 g/mol. The second-order valence-corrected chi connectivity index (χ2v) is 9.20. The Kier molecular flexibility index (Phi) is 7.88. The molecule has 0 unspecified atom stereocenters. The standard InChI is InChI=1S/C25H34N4O2/c1-17(2)20-6-8-22(26-16-20)23(30)9-5-19-11-13-29(14-12-19)25-10-7-21(27-28-25)15-24(31)18(3)4/h6-8,10,16-19H,5,9,11-15H2,1-4H3. The lowest BCUT2D eigenvalue weighted by Crippen LogP contribution is -2.34. The molecule has 0 N–H and O–H groups in total. The molecule has 1 saturated heterocycles. The lowest BCUT2D eigenvalue weighted by Gasteiger charge is -2.32. The average Bonchev–Trinajstić information content (AvgIpc) is 2.78. The van der Waals surface area contributed by atoms with E-state index in [-0.39, 0.29) is 17.5 Å². The van der Waals surface area contributed by atoms with E-state index >= 15 is 0 Å². The van der Waals surface area contributed by atoms with E-state index < -0.39 is 0 Å². The highest BCUT2D eigenvalue weighted by molar-refractivity contribution is 5.94. The largest absolute Gasteiger partial charge is 0.355 e. The van der Waals surface area contributed by atoms with Crippen molar-refractivity contribution in [2.75, 3.05) is 18.0 Å². The molecule has 2 aromatic heterocycles. The molecule has 6 nitrogen and oxygen atoms in total. The topological polar surface area (TPSA) is 76.1 Å². The normalized spacial score (nSPS) is 15.0. The maximum absolute atomic E-state index is 12.5. The zero-order valence-electron chi connectivity index (χ0n) is 19.2. The second kappa shape index (κ2) is 10.6. The van der Waals surface area contributed by atoms with Crippen molar-refractivity contribution < 1.29 is 9.59 Å². The molecular formula is C25H34N4O2. The Balaban J connectivity index is 1.44. The van der Waals surface area contributed by atoms with Gasteiger partial charge in [-0.2, -0.15) is 5.10 Å². The first kappa shape index (κ1) is 23.0. The Hall–Kier alpha value is -2.63. The van der Waals surface area contributed by atoms with Gasteiger partial charge in [-0.25, -0.2) is 0 Å². The van der Waals surface area contributed by atoms with Crippen LogP contribution in [0.2, 0.25) is 0 Å². The lowest BCUT2D eigenvalue weighted by molar-refractivity contribution is -0.121. The monoisotopic (exact) mass is 422 g/mol. The molecule has 0 radical (unpaired) electrons. The van der Waals surface area contributed by atoms with E-state index in [0.29, 0.717) is 30.4 Å². The van der Waals surface area contributed by atoms with Crippen LogP contribution >= 0.6 is 0 Å². The van der Waals surface area contributed by atoms with E-state index in [4.69, 9.17) is 0 Å². The van der Waals surface area contributed by atoms with Crippen LogP contribution in [0.15, 0.2) is 30.5 Å². The number of rotatable bonds is 9. The van der Waals surface area contributed by atoms with Gasteiger partial charge < -0.3 is 4.90 Å². The van der Waals surface area contributed by atoms with Crippen molar-refractivity contribution in [3.05, 3.63) is 47.4 Å². The van der Waals surface area contributed by atoms with Gasteiger partial charge in [-0.15, -0.1) is 5.10 Å². The minimum atomic E-state index is 0.0163. The first-order chi connectivity index (χ1) is 14.8. The molecule has 0 saturated carbocycles. The molecule has 3 rings (SSSR count). The SMILES string of the molecule is CC(C)C(=O)Cc1ccc(N2CCC(CCC(=O)c3ccc(C(C)C)cn3)CC2)nn1. The number of carbonyl (C=O) groups is 2. The fourth-order valence-electron chi connectivity index (χ4n) is 3.82. The second-order valence-electron chi connectivity index (χ2n) is 9.20. The van der Waals surface area contributed by atoms with Crippen molar-refractivity contribution >= 4 is 17.4 Å². The van der Waals surface area contributed by atoms with Gasteiger partial charge in [0.1, 0.15) is 11.5 Å².